The molecule has 0 heterocycles. The van der Waals surface area contributed by atoms with Gasteiger partial charge in [-0.1, -0.05) is 18.2 Å². The lowest BCUT2D eigenvalue weighted by atomic mass is 10.1. The summed E-state index contributed by atoms with van der Waals surface area (Å²) in [4.78, 5) is 24.7. The van der Waals surface area contributed by atoms with Crippen molar-refractivity contribution in [3.8, 4) is 17.2 Å². The Morgan fingerprint density at radius 1 is 0.926 bits per heavy atom. The van der Waals surface area contributed by atoms with E-state index in [2.05, 4.69) is 5.32 Å². The molecule has 0 aliphatic carbocycles. The molecule has 27 heavy (non-hydrogen) atoms. The van der Waals surface area contributed by atoms with E-state index in [9.17, 15) is 9.59 Å². The van der Waals surface area contributed by atoms with Gasteiger partial charge in [-0.2, -0.15) is 0 Å². The van der Waals surface area contributed by atoms with Crippen LogP contribution in [0.4, 0.5) is 0 Å². The van der Waals surface area contributed by atoms with Crippen molar-refractivity contribution in [2.24, 2.45) is 0 Å². The molecular weight excluding hydrogens is 350 g/mol. The summed E-state index contributed by atoms with van der Waals surface area (Å²) in [5, 5.41) is 2.73. The highest BCUT2D eigenvalue weighted by molar-refractivity contribution is 5.97. The molecule has 0 saturated heterocycles. The number of rotatable bonds is 8. The van der Waals surface area contributed by atoms with Crippen molar-refractivity contribution in [1.29, 1.82) is 0 Å². The Hall–Kier alpha value is -3.22. The molecule has 7 heteroatoms. The maximum Gasteiger partial charge on any atom is 0.346 e. The van der Waals surface area contributed by atoms with Crippen LogP contribution in [0, 0.1) is 0 Å². The average Bonchev–Trinajstić information content (AvgIpc) is 2.71. The quantitative estimate of drug-likeness (QED) is 0.716. The van der Waals surface area contributed by atoms with Crippen LogP contribution in [0.25, 0.3) is 0 Å². The number of benzene rings is 2. The number of methoxy groups -OCH3 is 3. The Labute approximate surface area is 158 Å². The standard InChI is InChI=1S/C20H23NO6/c1-13(19(22)21-12-14-8-10-15(24-2)11-9-14)27-20(23)18-16(25-3)6-5-7-17(18)26-4/h5-11,13H,12H2,1-4H3,(H,21,22)/t13-/m0/s1. The van der Waals surface area contributed by atoms with Crippen molar-refractivity contribution in [1.82, 2.24) is 5.32 Å². The van der Waals surface area contributed by atoms with Gasteiger partial charge in [0, 0.05) is 6.54 Å². The van der Waals surface area contributed by atoms with Gasteiger partial charge in [0.2, 0.25) is 0 Å². The predicted octanol–water partition coefficient (Wildman–Crippen LogP) is 2.57. The lowest BCUT2D eigenvalue weighted by Crippen LogP contribution is -2.35. The van der Waals surface area contributed by atoms with Crippen LogP contribution in [0.1, 0.15) is 22.8 Å². The summed E-state index contributed by atoms with van der Waals surface area (Å²) in [6.07, 6.45) is -0.981. The number of carbonyl (C=O) groups is 2. The maximum absolute atomic E-state index is 12.5. The van der Waals surface area contributed by atoms with Crippen LogP contribution in [-0.2, 0) is 16.1 Å². The van der Waals surface area contributed by atoms with Crippen molar-refractivity contribution < 1.29 is 28.5 Å². The number of nitrogens with one attached hydrogen (secondary N) is 1. The molecule has 0 saturated carbocycles. The molecule has 0 spiro atoms. The molecule has 0 aliphatic heterocycles. The van der Waals surface area contributed by atoms with E-state index < -0.39 is 18.0 Å². The number of hydrogen-bond acceptors (Lipinski definition) is 6. The summed E-state index contributed by atoms with van der Waals surface area (Å²) in [5.74, 6) is 0.248. The predicted molar refractivity (Wildman–Crippen MR) is 99.3 cm³/mol. The zero-order chi connectivity index (χ0) is 19.8. The summed E-state index contributed by atoms with van der Waals surface area (Å²) < 4.78 is 20.7. The molecule has 0 unspecified atom stereocenters. The minimum atomic E-state index is -0.981. The fourth-order valence-electron chi connectivity index (χ4n) is 2.40. The molecule has 0 bridgehead atoms. The first-order chi connectivity index (χ1) is 13.0. The minimum Gasteiger partial charge on any atom is -0.497 e. The first kappa shape index (κ1) is 20.1. The third-order valence-corrected chi connectivity index (χ3v) is 3.91. The molecule has 1 atom stereocenters. The zero-order valence-corrected chi connectivity index (χ0v) is 15.8. The van der Waals surface area contributed by atoms with Gasteiger partial charge < -0.3 is 24.3 Å². The summed E-state index contributed by atoms with van der Waals surface area (Å²) in [7, 11) is 4.47. The Morgan fingerprint density at radius 3 is 2.04 bits per heavy atom. The fraction of sp³-hybridized carbons (Fsp3) is 0.300. The maximum atomic E-state index is 12.5. The van der Waals surface area contributed by atoms with Gasteiger partial charge in [-0.25, -0.2) is 4.79 Å². The molecule has 1 N–H and O–H groups in total. The molecule has 2 rings (SSSR count). The van der Waals surface area contributed by atoms with Crippen LogP contribution >= 0.6 is 0 Å². The van der Waals surface area contributed by atoms with Crippen molar-refractivity contribution in [2.45, 2.75) is 19.6 Å². The van der Waals surface area contributed by atoms with Gasteiger partial charge in [0.15, 0.2) is 6.10 Å². The van der Waals surface area contributed by atoms with Crippen LogP contribution in [0.15, 0.2) is 42.5 Å². The lowest BCUT2D eigenvalue weighted by Gasteiger charge is -2.16. The van der Waals surface area contributed by atoms with Crippen molar-refractivity contribution in [3.05, 3.63) is 53.6 Å². The van der Waals surface area contributed by atoms with Gasteiger partial charge in [-0.15, -0.1) is 0 Å². The van der Waals surface area contributed by atoms with E-state index in [1.165, 1.54) is 21.1 Å². The monoisotopic (exact) mass is 373 g/mol. The van der Waals surface area contributed by atoms with Gasteiger partial charge in [0.05, 0.1) is 21.3 Å². The highest BCUT2D eigenvalue weighted by Gasteiger charge is 2.24. The van der Waals surface area contributed by atoms with Crippen LogP contribution in [0.5, 0.6) is 17.2 Å². The molecule has 7 nitrogen and oxygen atoms in total. The van der Waals surface area contributed by atoms with Gasteiger partial charge >= 0.3 is 5.97 Å². The number of carbonyl (C=O) groups excluding carboxylic acids is 2. The highest BCUT2D eigenvalue weighted by atomic mass is 16.6. The van der Waals surface area contributed by atoms with Gasteiger partial charge in [0.25, 0.3) is 5.91 Å². The molecule has 0 aromatic heterocycles. The van der Waals surface area contributed by atoms with E-state index in [-0.39, 0.29) is 5.56 Å². The molecule has 0 aliphatic rings. The summed E-state index contributed by atoms with van der Waals surface area (Å²) in [6.45, 7) is 1.81. The second-order valence-electron chi connectivity index (χ2n) is 5.65. The van der Waals surface area contributed by atoms with Gasteiger partial charge in [0.1, 0.15) is 22.8 Å². The number of hydrogen-bond donors (Lipinski definition) is 1. The van der Waals surface area contributed by atoms with E-state index in [0.717, 1.165) is 11.3 Å². The lowest BCUT2D eigenvalue weighted by molar-refractivity contribution is -0.129. The SMILES string of the molecule is COc1ccc(CNC(=O)[C@H](C)OC(=O)c2c(OC)cccc2OC)cc1. The molecule has 1 amide bonds. The Kier molecular flexibility index (Phi) is 7.05. The fourth-order valence-corrected chi connectivity index (χ4v) is 2.40. The van der Waals surface area contributed by atoms with Crippen LogP contribution in [0.3, 0.4) is 0 Å². The van der Waals surface area contributed by atoms with Crippen molar-refractivity contribution in [2.75, 3.05) is 21.3 Å². The topological polar surface area (TPSA) is 83.1 Å². The van der Waals surface area contributed by atoms with Gasteiger partial charge in [-0.3, -0.25) is 4.79 Å². The van der Waals surface area contributed by atoms with Crippen LogP contribution in [-0.4, -0.2) is 39.3 Å². The molecule has 2 aromatic rings. The molecule has 0 fully saturated rings. The first-order valence-corrected chi connectivity index (χ1v) is 8.32. The number of amides is 1. The second kappa shape index (κ2) is 9.47. The van der Waals surface area contributed by atoms with E-state index in [4.69, 9.17) is 18.9 Å². The van der Waals surface area contributed by atoms with Crippen LogP contribution in [0.2, 0.25) is 0 Å². The number of esters is 1. The smallest absolute Gasteiger partial charge is 0.346 e. The number of ether oxygens (including phenoxy) is 4. The van der Waals surface area contributed by atoms with Crippen molar-refractivity contribution in [3.63, 3.8) is 0 Å². The third kappa shape index (κ3) is 5.13. The largest absolute Gasteiger partial charge is 0.497 e. The van der Waals surface area contributed by atoms with E-state index in [1.807, 2.05) is 12.1 Å². The minimum absolute atomic E-state index is 0.136. The van der Waals surface area contributed by atoms with E-state index in [0.29, 0.717) is 18.0 Å². The molecular formula is C20H23NO6. The Morgan fingerprint density at radius 2 is 1.52 bits per heavy atom. The molecule has 0 radical (unpaired) electrons. The van der Waals surface area contributed by atoms with Crippen molar-refractivity contribution >= 4 is 11.9 Å². The summed E-state index contributed by atoms with van der Waals surface area (Å²) in [5.41, 5.74) is 1.03. The molecule has 144 valence electrons. The van der Waals surface area contributed by atoms with E-state index >= 15 is 0 Å². The summed E-state index contributed by atoms with van der Waals surface area (Å²) in [6, 6.07) is 12.2. The average molecular weight is 373 g/mol. The summed E-state index contributed by atoms with van der Waals surface area (Å²) >= 11 is 0. The zero-order valence-electron chi connectivity index (χ0n) is 15.8. The van der Waals surface area contributed by atoms with E-state index in [1.54, 1.807) is 37.4 Å². The second-order valence-corrected chi connectivity index (χ2v) is 5.65. The van der Waals surface area contributed by atoms with Gasteiger partial charge in [-0.05, 0) is 36.8 Å². The Balaban J connectivity index is 1.98. The highest BCUT2D eigenvalue weighted by Crippen LogP contribution is 2.29. The van der Waals surface area contributed by atoms with Crippen LogP contribution < -0.4 is 19.5 Å². The first-order valence-electron chi connectivity index (χ1n) is 8.32. The Bertz CT molecular complexity index is 765. The third-order valence-electron chi connectivity index (χ3n) is 3.91. The normalized spacial score (nSPS) is 11.3. The molecule has 2 aromatic carbocycles.